The minimum atomic E-state index is 0. The Morgan fingerprint density at radius 1 is 0.338 bits per heavy atom. The van der Waals surface area contributed by atoms with Crippen molar-refractivity contribution in [3.63, 3.8) is 0 Å². The third-order valence-electron chi connectivity index (χ3n) is 12.1. The summed E-state index contributed by atoms with van der Waals surface area (Å²) in [7, 11) is 5.91. The van der Waals surface area contributed by atoms with Crippen LogP contribution in [-0.2, 0) is 19.3 Å². The van der Waals surface area contributed by atoms with Crippen molar-refractivity contribution in [2.24, 2.45) is 9.98 Å². The van der Waals surface area contributed by atoms with Crippen LogP contribution in [0.5, 0.6) is 0 Å². The van der Waals surface area contributed by atoms with Crippen LogP contribution in [0.4, 0.5) is 39.8 Å². The second-order valence-corrected chi connectivity index (χ2v) is 17.7. The van der Waals surface area contributed by atoms with E-state index in [4.69, 9.17) is 0 Å². The molecule has 0 aromatic heterocycles. The van der Waals surface area contributed by atoms with Gasteiger partial charge in [-0.25, -0.2) is 4.99 Å². The number of nitrogens with zero attached hydrogens (tertiary/aromatic N) is 2. The van der Waals surface area contributed by atoms with Gasteiger partial charge in [0, 0.05) is 55.6 Å². The lowest BCUT2D eigenvalue weighted by Gasteiger charge is -2.05. The molecule has 0 heterocycles. The molecule has 0 amide bonds. The zero-order valence-electron chi connectivity index (χ0n) is 42.7. The average Bonchev–Trinajstić information content (AvgIpc) is 3.39. The van der Waals surface area contributed by atoms with E-state index in [1.54, 1.807) is 7.05 Å². The van der Waals surface area contributed by atoms with Gasteiger partial charge in [-0.15, -0.1) is 0 Å². The van der Waals surface area contributed by atoms with Crippen molar-refractivity contribution in [2.75, 3.05) is 21.1 Å². The van der Waals surface area contributed by atoms with Crippen molar-refractivity contribution in [3.8, 4) is 0 Å². The number of aliphatic imine (C=N–C) groups is 2. The standard InChI is InChI=1S/2C21H22N2.C21H20N2.2CH4.ClH.H3N.H2O/c3*1-16-3-5-17(6-4-16)15-18-7-9-20(10-8-18)23-21-13-11-19(22-2)12-14-21;;;;;/h2*3-14,22-23H,15H2,1-2H3;3-14H,15H2,1-2H3;2*1H4;1H;1H3;1H2/p+3. The topological polar surface area (TPSA) is 158 Å². The monoisotopic (exact) mass is 1010 g/mol. The molecule has 0 fully saturated rings. The number of halogens is 1. The van der Waals surface area contributed by atoms with Gasteiger partial charge in [-0.3, -0.25) is 15.6 Å². The summed E-state index contributed by atoms with van der Waals surface area (Å²) >= 11 is 0. The molecule has 1 aliphatic carbocycles. The lowest BCUT2D eigenvalue weighted by molar-refractivity contribution is -0.539. The first-order chi connectivity index (χ1) is 33.7. The SMILES string of the molecule is C.C.CN=C1C=CC(=Nc2ccc(Cc3ccc(C)cc3)cc2)C=C1.C[NH2+]c1ccc([NH2+]c2ccc(Cc3ccc(C)cc3)cc2)cc1.C[NH2+]c1ccc([NH2+]c2ccc(Cc3ccc(C)cc3)cc2)cc1.N.O.[Cl-]. The largest absolute Gasteiger partial charge is 1.00 e. The molecule has 0 saturated carbocycles. The van der Waals surface area contributed by atoms with E-state index in [0.717, 1.165) is 36.4 Å². The molecule has 13 N–H and O–H groups in total. The predicted molar refractivity (Wildman–Crippen MR) is 313 cm³/mol. The third-order valence-corrected chi connectivity index (χ3v) is 12.1. The van der Waals surface area contributed by atoms with Gasteiger partial charge in [-0.2, -0.15) is 0 Å². The molecule has 1 aliphatic rings. The number of benzene rings is 8. The maximum atomic E-state index is 4.63. The number of allylic oxidation sites excluding steroid dienone is 4. The fraction of sp³-hybridized carbons (Fsp3) is 0.169. The lowest BCUT2D eigenvalue weighted by Crippen LogP contribution is -3.00. The Bertz CT molecular complexity index is 2790. The summed E-state index contributed by atoms with van der Waals surface area (Å²) in [5.41, 5.74) is 22.3. The Labute approximate surface area is 448 Å². The molecule has 0 aliphatic heterocycles. The summed E-state index contributed by atoms with van der Waals surface area (Å²) in [4.78, 5) is 8.77. The summed E-state index contributed by atoms with van der Waals surface area (Å²) in [6.07, 6.45) is 10.9. The second-order valence-electron chi connectivity index (χ2n) is 17.7. The maximum Gasteiger partial charge on any atom is 0.135 e. The summed E-state index contributed by atoms with van der Waals surface area (Å²) < 4.78 is 0. The van der Waals surface area contributed by atoms with Gasteiger partial charge in [-0.1, -0.05) is 141 Å². The average molecular weight is 1010 g/mol. The van der Waals surface area contributed by atoms with Crippen LogP contribution in [0.15, 0.2) is 228 Å². The van der Waals surface area contributed by atoms with Crippen LogP contribution in [0.25, 0.3) is 0 Å². The Balaban J connectivity index is 0.000000368. The predicted octanol–water partition coefficient (Wildman–Crippen LogP) is 8.34. The van der Waals surface area contributed by atoms with E-state index in [1.807, 2.05) is 24.3 Å². The zero-order chi connectivity index (χ0) is 48.2. The first kappa shape index (κ1) is 62.7. The van der Waals surface area contributed by atoms with E-state index < -0.39 is 0 Å². The molecule has 0 saturated heterocycles. The van der Waals surface area contributed by atoms with E-state index in [9.17, 15) is 0 Å². The number of rotatable bonds is 13. The highest BCUT2D eigenvalue weighted by Gasteiger charge is 2.06. The molecule has 0 atom stereocenters. The third kappa shape index (κ3) is 20.6. The highest BCUT2D eigenvalue weighted by molar-refractivity contribution is 6.18. The van der Waals surface area contributed by atoms with E-state index in [1.165, 1.54) is 84.2 Å². The molecule has 0 radical (unpaired) electrons. The van der Waals surface area contributed by atoms with Gasteiger partial charge in [0.05, 0.1) is 31.2 Å². The Morgan fingerprint density at radius 2 is 0.568 bits per heavy atom. The van der Waals surface area contributed by atoms with Crippen molar-refractivity contribution in [3.05, 3.63) is 268 Å². The van der Waals surface area contributed by atoms with E-state index in [0.29, 0.717) is 0 Å². The molecule has 8 nitrogen and oxygen atoms in total. The molecule has 0 spiro atoms. The summed E-state index contributed by atoms with van der Waals surface area (Å²) in [6.45, 7) is 6.36. The number of hydrogen-bond acceptors (Lipinski definition) is 3. The van der Waals surface area contributed by atoms with Crippen molar-refractivity contribution >= 4 is 51.2 Å². The molecule has 0 unspecified atom stereocenters. The van der Waals surface area contributed by atoms with Crippen molar-refractivity contribution < 1.29 is 39.2 Å². The van der Waals surface area contributed by atoms with Gasteiger partial charge in [0.1, 0.15) is 34.1 Å². The van der Waals surface area contributed by atoms with Crippen molar-refractivity contribution in [1.29, 1.82) is 0 Å². The molecule has 8 aromatic rings. The molecule has 386 valence electrons. The quantitative estimate of drug-likeness (QED) is 0.0572. The van der Waals surface area contributed by atoms with Gasteiger partial charge < -0.3 is 34.7 Å². The van der Waals surface area contributed by atoms with Crippen LogP contribution in [0, 0.1) is 20.8 Å². The van der Waals surface area contributed by atoms with Crippen LogP contribution in [0.3, 0.4) is 0 Å². The summed E-state index contributed by atoms with van der Waals surface area (Å²) in [5, 5.41) is 8.66. The Morgan fingerprint density at radius 3 is 0.838 bits per heavy atom. The number of aryl methyl sites for hydroxylation is 3. The fourth-order valence-corrected chi connectivity index (χ4v) is 7.76. The molecule has 0 bridgehead atoms. The maximum absolute atomic E-state index is 4.63. The molecular formula is C65H81ClN7O+3. The normalized spacial score (nSPS) is 10.8. The van der Waals surface area contributed by atoms with Crippen molar-refractivity contribution in [1.82, 2.24) is 6.15 Å². The van der Waals surface area contributed by atoms with E-state index >= 15 is 0 Å². The molecule has 74 heavy (non-hydrogen) atoms. The number of quaternary nitrogens is 4. The Kier molecular flexibility index (Phi) is 27.7. The summed E-state index contributed by atoms with van der Waals surface area (Å²) in [6, 6.07) is 69.6. The zero-order valence-corrected chi connectivity index (χ0v) is 43.5. The van der Waals surface area contributed by atoms with Crippen LogP contribution in [-0.4, -0.2) is 38.0 Å². The highest BCUT2D eigenvalue weighted by atomic mass is 35.5. The second kappa shape index (κ2) is 32.7. The minimum absolute atomic E-state index is 0. The fourth-order valence-electron chi connectivity index (χ4n) is 7.76. The summed E-state index contributed by atoms with van der Waals surface area (Å²) in [5.74, 6) is 0. The Hall–Kier alpha value is -7.37. The van der Waals surface area contributed by atoms with Crippen LogP contribution in [0.2, 0.25) is 0 Å². The molecule has 8 aromatic carbocycles. The van der Waals surface area contributed by atoms with Gasteiger partial charge >= 0.3 is 0 Å². The molecular weight excluding hydrogens is 930 g/mol. The van der Waals surface area contributed by atoms with Gasteiger partial charge in [0.25, 0.3) is 0 Å². The molecule has 9 rings (SSSR count). The highest BCUT2D eigenvalue weighted by Crippen LogP contribution is 2.19. The molecule has 9 heteroatoms. The van der Waals surface area contributed by atoms with E-state index in [2.05, 4.69) is 260 Å². The van der Waals surface area contributed by atoms with Gasteiger partial charge in [-0.05, 0) is 134 Å². The van der Waals surface area contributed by atoms with Gasteiger partial charge in [0.15, 0.2) is 0 Å². The van der Waals surface area contributed by atoms with Crippen molar-refractivity contribution in [2.45, 2.75) is 54.9 Å². The first-order valence-corrected chi connectivity index (χ1v) is 24.0. The van der Waals surface area contributed by atoms with Gasteiger partial charge in [0.2, 0.25) is 0 Å². The van der Waals surface area contributed by atoms with Crippen LogP contribution < -0.4 is 39.8 Å². The number of hydrogen-bond donors (Lipinski definition) is 5. The smallest absolute Gasteiger partial charge is 0.135 e. The van der Waals surface area contributed by atoms with Crippen LogP contribution >= 0.6 is 0 Å². The van der Waals surface area contributed by atoms with Crippen LogP contribution in [0.1, 0.15) is 64.9 Å². The number of nitrogens with two attached hydrogens (primary N) is 4. The van der Waals surface area contributed by atoms with E-state index in [-0.39, 0.29) is 38.9 Å². The first-order valence-electron chi connectivity index (χ1n) is 24.0. The minimum Gasteiger partial charge on any atom is -1.00 e. The lowest BCUT2D eigenvalue weighted by atomic mass is 10.0.